The topological polar surface area (TPSA) is 93.2 Å². The highest BCUT2D eigenvalue weighted by Crippen LogP contribution is 2.11. The Balaban J connectivity index is 3.02. The minimum atomic E-state index is -1.17. The number of nitriles is 1. The van der Waals surface area contributed by atoms with E-state index in [0.717, 1.165) is 0 Å². The first-order valence-electron chi connectivity index (χ1n) is 3.92. The zero-order chi connectivity index (χ0) is 11.4. The molecule has 76 valence electrons. The fraction of sp³-hybridized carbons (Fsp3) is 0.111. The highest BCUT2D eigenvalue weighted by atomic mass is 17.0. The third-order valence-electron chi connectivity index (χ3n) is 1.73. The molecule has 6 heteroatoms. The first-order chi connectivity index (χ1) is 7.04. The van der Waals surface area contributed by atoms with Crippen molar-refractivity contribution in [1.29, 1.82) is 5.26 Å². The number of hydrogen-bond acceptors (Lipinski definition) is 5. The zero-order valence-corrected chi connectivity index (χ0v) is 7.76. The monoisotopic (exact) mass is 206 g/mol. The van der Waals surface area contributed by atoms with Gasteiger partial charge in [0.15, 0.2) is 0 Å². The number of benzene rings is 1. The molecule has 0 heterocycles. The lowest BCUT2D eigenvalue weighted by Gasteiger charge is -2.02. The van der Waals surface area contributed by atoms with Crippen LogP contribution < -0.4 is 0 Å². The van der Waals surface area contributed by atoms with Crippen molar-refractivity contribution in [1.82, 2.24) is 0 Å². The average molecular weight is 206 g/mol. The molecule has 0 atom stereocenters. The fourth-order valence-electron chi connectivity index (χ4n) is 1.08. The van der Waals surface area contributed by atoms with Gasteiger partial charge in [-0.3, -0.25) is 4.79 Å². The van der Waals surface area contributed by atoms with E-state index in [-0.39, 0.29) is 5.56 Å². The summed E-state index contributed by atoms with van der Waals surface area (Å²) in [6, 6.07) is 6.06. The standard InChI is InChI=1S/C9H6N2O4/c1-6-4-7(5-10)2-3-8(6)9(12)15-11(13)14/h2-4H,1H3. The molecule has 15 heavy (non-hydrogen) atoms. The van der Waals surface area contributed by atoms with E-state index in [1.807, 2.05) is 6.07 Å². The van der Waals surface area contributed by atoms with E-state index in [1.54, 1.807) is 6.92 Å². The molecule has 0 aliphatic carbocycles. The molecule has 1 aromatic carbocycles. The van der Waals surface area contributed by atoms with Gasteiger partial charge in [0, 0.05) is 5.56 Å². The van der Waals surface area contributed by atoms with Crippen molar-refractivity contribution in [2.24, 2.45) is 0 Å². The Hall–Kier alpha value is -2.42. The van der Waals surface area contributed by atoms with Crippen LogP contribution in [0.25, 0.3) is 0 Å². The van der Waals surface area contributed by atoms with Crippen LogP contribution >= 0.6 is 0 Å². The van der Waals surface area contributed by atoms with E-state index in [0.29, 0.717) is 11.1 Å². The maximum Gasteiger partial charge on any atom is 0.334 e. The predicted molar refractivity (Wildman–Crippen MR) is 48.3 cm³/mol. The van der Waals surface area contributed by atoms with Gasteiger partial charge in [-0.25, -0.2) is 4.84 Å². The quantitative estimate of drug-likeness (QED) is 0.535. The number of hydrogen-bond donors (Lipinski definition) is 0. The van der Waals surface area contributed by atoms with Gasteiger partial charge < -0.3 is 0 Å². The zero-order valence-electron chi connectivity index (χ0n) is 7.76. The van der Waals surface area contributed by atoms with Crippen LogP contribution in [0.2, 0.25) is 0 Å². The van der Waals surface area contributed by atoms with Gasteiger partial charge in [0.05, 0.1) is 11.6 Å². The largest absolute Gasteiger partial charge is 0.334 e. The van der Waals surface area contributed by atoms with Gasteiger partial charge in [-0.2, -0.15) is 5.26 Å². The Bertz CT molecular complexity index is 462. The van der Waals surface area contributed by atoms with Crippen molar-refractivity contribution in [3.63, 3.8) is 0 Å². The second kappa shape index (κ2) is 4.19. The normalized spacial score (nSPS) is 9.07. The molecule has 0 unspecified atom stereocenters. The predicted octanol–water partition coefficient (Wildman–Crippen LogP) is 1.22. The molecule has 0 aliphatic rings. The number of rotatable bonds is 2. The lowest BCUT2D eigenvalue weighted by Crippen LogP contribution is -2.11. The lowest BCUT2D eigenvalue weighted by atomic mass is 10.1. The Kier molecular flexibility index (Phi) is 2.98. The summed E-state index contributed by atoms with van der Waals surface area (Å²) in [5, 5.41) is 17.3. The summed E-state index contributed by atoms with van der Waals surface area (Å²) in [6.07, 6.45) is 0. The third kappa shape index (κ3) is 2.51. The van der Waals surface area contributed by atoms with Gasteiger partial charge in [0.2, 0.25) is 0 Å². The van der Waals surface area contributed by atoms with Crippen LogP contribution in [-0.4, -0.2) is 11.1 Å². The maximum absolute atomic E-state index is 11.1. The molecule has 1 aromatic rings. The summed E-state index contributed by atoms with van der Waals surface area (Å²) in [7, 11) is 0. The van der Waals surface area contributed by atoms with Gasteiger partial charge in [0.1, 0.15) is 0 Å². The molecule has 6 nitrogen and oxygen atoms in total. The number of aryl methyl sites for hydroxylation is 1. The lowest BCUT2D eigenvalue weighted by molar-refractivity contribution is -0.727. The van der Waals surface area contributed by atoms with Crippen LogP contribution in [-0.2, 0) is 4.84 Å². The van der Waals surface area contributed by atoms with E-state index >= 15 is 0 Å². The van der Waals surface area contributed by atoms with E-state index in [9.17, 15) is 14.9 Å². The van der Waals surface area contributed by atoms with Crippen molar-refractivity contribution >= 4 is 5.97 Å². The van der Waals surface area contributed by atoms with Gasteiger partial charge in [-0.05, 0) is 30.7 Å². The minimum absolute atomic E-state index is 0.0747. The SMILES string of the molecule is Cc1cc(C#N)ccc1C(=O)O[N+](=O)[O-]. The number of carbonyl (C=O) groups is 1. The maximum atomic E-state index is 11.1. The molecule has 0 saturated heterocycles. The molecule has 0 fully saturated rings. The van der Waals surface area contributed by atoms with Crippen molar-refractivity contribution in [3.8, 4) is 6.07 Å². The van der Waals surface area contributed by atoms with Crippen molar-refractivity contribution < 1.29 is 14.7 Å². The van der Waals surface area contributed by atoms with E-state index in [2.05, 4.69) is 4.84 Å². The fourth-order valence-corrected chi connectivity index (χ4v) is 1.08. The Labute approximate surface area is 84.8 Å². The first-order valence-corrected chi connectivity index (χ1v) is 3.92. The van der Waals surface area contributed by atoms with E-state index < -0.39 is 11.1 Å². The Morgan fingerprint density at radius 3 is 2.73 bits per heavy atom. The van der Waals surface area contributed by atoms with Crippen molar-refractivity contribution in [2.45, 2.75) is 6.92 Å². The Morgan fingerprint density at radius 2 is 2.27 bits per heavy atom. The molecule has 0 bridgehead atoms. The second-order valence-electron chi connectivity index (χ2n) is 2.74. The summed E-state index contributed by atoms with van der Waals surface area (Å²) in [5.74, 6) is -1.04. The first kappa shape index (κ1) is 10.7. The molecule has 0 aliphatic heterocycles. The number of carbonyl (C=O) groups excluding carboxylic acids is 1. The molecule has 0 radical (unpaired) electrons. The van der Waals surface area contributed by atoms with Gasteiger partial charge in [0.25, 0.3) is 0 Å². The Morgan fingerprint density at radius 1 is 1.60 bits per heavy atom. The van der Waals surface area contributed by atoms with Gasteiger partial charge in [-0.1, -0.05) is 0 Å². The van der Waals surface area contributed by atoms with Crippen LogP contribution in [0.15, 0.2) is 18.2 Å². The summed E-state index contributed by atoms with van der Waals surface area (Å²) in [5.41, 5.74) is 0.914. The highest BCUT2D eigenvalue weighted by molar-refractivity contribution is 5.90. The summed E-state index contributed by atoms with van der Waals surface area (Å²) >= 11 is 0. The van der Waals surface area contributed by atoms with E-state index in [4.69, 9.17) is 5.26 Å². The van der Waals surface area contributed by atoms with Crippen LogP contribution in [0.5, 0.6) is 0 Å². The molecule has 0 spiro atoms. The number of nitrogens with zero attached hydrogens (tertiary/aromatic N) is 2. The average Bonchev–Trinajstić information content (AvgIpc) is 2.16. The van der Waals surface area contributed by atoms with E-state index in [1.165, 1.54) is 18.2 Å². The van der Waals surface area contributed by atoms with Crippen molar-refractivity contribution in [3.05, 3.63) is 45.0 Å². The molecule has 0 N–H and O–H groups in total. The smallest absolute Gasteiger partial charge is 0.263 e. The van der Waals surface area contributed by atoms with Crippen LogP contribution in [0, 0.1) is 28.4 Å². The summed E-state index contributed by atoms with van der Waals surface area (Å²) < 4.78 is 0. The molecule has 0 saturated carbocycles. The van der Waals surface area contributed by atoms with Crippen LogP contribution in [0.3, 0.4) is 0 Å². The molecular formula is C9H6N2O4. The molecule has 1 rings (SSSR count). The molecule has 0 aromatic heterocycles. The molecular weight excluding hydrogens is 200 g/mol. The summed E-state index contributed by atoms with van der Waals surface area (Å²) in [6.45, 7) is 1.57. The third-order valence-corrected chi connectivity index (χ3v) is 1.73. The minimum Gasteiger partial charge on any atom is -0.263 e. The van der Waals surface area contributed by atoms with Crippen molar-refractivity contribution in [2.75, 3.05) is 0 Å². The van der Waals surface area contributed by atoms with Crippen LogP contribution in [0.4, 0.5) is 0 Å². The van der Waals surface area contributed by atoms with Crippen LogP contribution in [0.1, 0.15) is 21.5 Å². The molecule has 0 amide bonds. The highest BCUT2D eigenvalue weighted by Gasteiger charge is 2.13. The summed E-state index contributed by atoms with van der Waals surface area (Å²) in [4.78, 5) is 24.8. The second-order valence-corrected chi connectivity index (χ2v) is 2.74. The van der Waals surface area contributed by atoms with Gasteiger partial charge in [-0.15, -0.1) is 10.1 Å². The van der Waals surface area contributed by atoms with Gasteiger partial charge >= 0.3 is 11.1 Å².